The van der Waals surface area contributed by atoms with Gasteiger partial charge in [0.15, 0.2) is 0 Å². The number of nitrogens with zero attached hydrogens (tertiary/aromatic N) is 2. The average Bonchev–Trinajstić information content (AvgIpc) is 2.79. The minimum absolute atomic E-state index is 0.0487. The smallest absolute Gasteiger partial charge is 0.288 e. The Bertz CT molecular complexity index is 1010. The molecule has 2 amide bonds. The van der Waals surface area contributed by atoms with Crippen LogP contribution in [0.3, 0.4) is 0 Å². The molecule has 9 nitrogen and oxygen atoms in total. The number of piperidine rings is 1. The summed E-state index contributed by atoms with van der Waals surface area (Å²) >= 11 is 5.82. The number of amides is 2. The average molecular weight is 461 g/mol. The first-order valence-corrected chi connectivity index (χ1v) is 10.7. The lowest BCUT2D eigenvalue weighted by atomic mass is 10.1. The molecular weight excluding hydrogens is 436 g/mol. The number of ether oxygens (including phenoxy) is 1. The topological polar surface area (TPSA) is 114 Å². The number of halogens is 1. The second-order valence-electron chi connectivity index (χ2n) is 7.41. The van der Waals surface area contributed by atoms with Crippen LogP contribution in [0, 0.1) is 10.1 Å². The van der Waals surface area contributed by atoms with E-state index in [2.05, 4.69) is 15.5 Å². The maximum atomic E-state index is 12.9. The highest BCUT2D eigenvalue weighted by atomic mass is 35.5. The quantitative estimate of drug-likeness (QED) is 0.351. The molecular formula is C22H25ClN4O5. The van der Waals surface area contributed by atoms with Crippen LogP contribution in [0.15, 0.2) is 36.4 Å². The van der Waals surface area contributed by atoms with Crippen molar-refractivity contribution in [3.05, 3.63) is 62.7 Å². The summed E-state index contributed by atoms with van der Waals surface area (Å²) in [5.74, 6) is -0.804. The van der Waals surface area contributed by atoms with Crippen molar-refractivity contribution in [2.45, 2.75) is 19.3 Å². The molecule has 2 aromatic rings. The molecule has 0 radical (unpaired) electrons. The molecule has 0 bridgehead atoms. The lowest BCUT2D eigenvalue weighted by Crippen LogP contribution is -2.33. The van der Waals surface area contributed by atoms with E-state index in [-0.39, 0.29) is 22.2 Å². The van der Waals surface area contributed by atoms with E-state index in [1.807, 2.05) is 6.07 Å². The van der Waals surface area contributed by atoms with E-state index in [4.69, 9.17) is 16.3 Å². The maximum Gasteiger partial charge on any atom is 0.288 e. The summed E-state index contributed by atoms with van der Waals surface area (Å²) < 4.78 is 5.00. The molecule has 1 fully saturated rings. The largest absolute Gasteiger partial charge is 0.383 e. The number of nitro groups is 1. The lowest BCUT2D eigenvalue weighted by Gasteiger charge is -2.30. The van der Waals surface area contributed by atoms with Gasteiger partial charge in [0, 0.05) is 49.7 Å². The van der Waals surface area contributed by atoms with E-state index in [1.54, 1.807) is 19.2 Å². The third kappa shape index (κ3) is 5.74. The van der Waals surface area contributed by atoms with Crippen molar-refractivity contribution in [2.24, 2.45) is 0 Å². The minimum atomic E-state index is -0.644. The van der Waals surface area contributed by atoms with E-state index < -0.39 is 10.8 Å². The number of hydrogen-bond donors (Lipinski definition) is 2. The van der Waals surface area contributed by atoms with E-state index in [9.17, 15) is 19.7 Å². The van der Waals surface area contributed by atoms with Crippen LogP contribution >= 0.6 is 11.6 Å². The number of nitrogens with one attached hydrogen (secondary N) is 2. The third-order valence-electron chi connectivity index (χ3n) is 5.19. The first kappa shape index (κ1) is 23.5. The number of anilines is 2. The Labute approximate surface area is 190 Å². The van der Waals surface area contributed by atoms with Crippen LogP contribution in [-0.2, 0) is 4.74 Å². The van der Waals surface area contributed by atoms with Gasteiger partial charge >= 0.3 is 0 Å². The molecule has 0 atom stereocenters. The summed E-state index contributed by atoms with van der Waals surface area (Å²) in [5.41, 5.74) is 1.40. The Morgan fingerprint density at radius 1 is 1.12 bits per heavy atom. The number of hydrogen-bond acceptors (Lipinski definition) is 6. The molecule has 2 N–H and O–H groups in total. The molecule has 0 aromatic heterocycles. The van der Waals surface area contributed by atoms with Gasteiger partial charge in [-0.25, -0.2) is 0 Å². The van der Waals surface area contributed by atoms with Gasteiger partial charge in [-0.2, -0.15) is 0 Å². The van der Waals surface area contributed by atoms with Gasteiger partial charge in [0.1, 0.15) is 5.02 Å². The van der Waals surface area contributed by atoms with Gasteiger partial charge in [-0.1, -0.05) is 11.6 Å². The van der Waals surface area contributed by atoms with Crippen molar-refractivity contribution < 1.29 is 19.2 Å². The van der Waals surface area contributed by atoms with E-state index in [1.165, 1.54) is 12.1 Å². The van der Waals surface area contributed by atoms with Crippen LogP contribution in [0.25, 0.3) is 0 Å². The summed E-state index contributed by atoms with van der Waals surface area (Å²) in [6, 6.07) is 8.99. The van der Waals surface area contributed by atoms with E-state index in [0.717, 1.165) is 44.1 Å². The summed E-state index contributed by atoms with van der Waals surface area (Å²) in [4.78, 5) is 38.2. The van der Waals surface area contributed by atoms with Gasteiger partial charge in [-0.05, 0) is 49.6 Å². The summed E-state index contributed by atoms with van der Waals surface area (Å²) in [6.45, 7) is 2.47. The van der Waals surface area contributed by atoms with Crippen molar-refractivity contribution in [1.82, 2.24) is 5.32 Å². The normalized spacial score (nSPS) is 13.5. The van der Waals surface area contributed by atoms with Crippen molar-refractivity contribution in [3.8, 4) is 0 Å². The Balaban J connectivity index is 1.85. The number of methoxy groups -OCH3 is 1. The highest BCUT2D eigenvalue weighted by Gasteiger charge is 2.21. The summed E-state index contributed by atoms with van der Waals surface area (Å²) in [5, 5.41) is 16.6. The van der Waals surface area contributed by atoms with Gasteiger partial charge < -0.3 is 20.3 Å². The number of nitro benzene ring substituents is 1. The highest BCUT2D eigenvalue weighted by Crippen LogP contribution is 2.29. The number of carbonyl (C=O) groups excluding carboxylic acids is 2. The Hall–Kier alpha value is -3.17. The van der Waals surface area contributed by atoms with Crippen LogP contribution in [0.5, 0.6) is 0 Å². The van der Waals surface area contributed by atoms with Crippen molar-refractivity contribution in [2.75, 3.05) is 43.6 Å². The predicted octanol–water partition coefficient (Wildman–Crippen LogP) is 3.87. The second kappa shape index (κ2) is 10.9. The van der Waals surface area contributed by atoms with Gasteiger partial charge in [0.25, 0.3) is 17.5 Å². The van der Waals surface area contributed by atoms with Gasteiger partial charge in [-0.15, -0.1) is 0 Å². The van der Waals surface area contributed by atoms with Crippen molar-refractivity contribution in [1.29, 1.82) is 0 Å². The predicted molar refractivity (Wildman–Crippen MR) is 123 cm³/mol. The molecule has 1 heterocycles. The molecule has 1 aliphatic rings. The molecule has 0 spiro atoms. The molecule has 1 aliphatic heterocycles. The monoisotopic (exact) mass is 460 g/mol. The zero-order valence-electron chi connectivity index (χ0n) is 17.7. The molecule has 2 aromatic carbocycles. The fraction of sp³-hybridized carbons (Fsp3) is 0.364. The molecule has 32 heavy (non-hydrogen) atoms. The van der Waals surface area contributed by atoms with Crippen LogP contribution < -0.4 is 15.5 Å². The maximum absolute atomic E-state index is 12.9. The third-order valence-corrected chi connectivity index (χ3v) is 5.51. The van der Waals surface area contributed by atoms with Crippen LogP contribution in [0.1, 0.15) is 40.0 Å². The summed E-state index contributed by atoms with van der Waals surface area (Å²) in [7, 11) is 1.56. The highest BCUT2D eigenvalue weighted by molar-refractivity contribution is 6.32. The van der Waals surface area contributed by atoms with Gasteiger partial charge in [-0.3, -0.25) is 19.7 Å². The van der Waals surface area contributed by atoms with Gasteiger partial charge in [0.05, 0.1) is 17.1 Å². The van der Waals surface area contributed by atoms with Crippen LogP contribution in [0.2, 0.25) is 5.02 Å². The van der Waals surface area contributed by atoms with Crippen LogP contribution in [-0.4, -0.2) is 50.1 Å². The first-order chi connectivity index (χ1) is 15.4. The molecule has 10 heteroatoms. The zero-order chi connectivity index (χ0) is 23.1. The molecule has 170 valence electrons. The number of carbonyl (C=O) groups is 2. The Morgan fingerprint density at radius 3 is 2.56 bits per heavy atom. The molecule has 0 aliphatic carbocycles. The fourth-order valence-electron chi connectivity index (χ4n) is 3.57. The van der Waals surface area contributed by atoms with Crippen LogP contribution in [0.4, 0.5) is 17.1 Å². The number of benzene rings is 2. The standard InChI is InChI=1S/C22H25ClN4O5/c1-32-12-9-24-22(29)17-14-16(6-8-19(17)26-10-3-2-4-11-26)25-21(28)15-5-7-18(23)20(13-15)27(30)31/h5-8,13-14H,2-4,9-12H2,1H3,(H,24,29)(H,25,28). The first-order valence-electron chi connectivity index (χ1n) is 10.3. The van der Waals surface area contributed by atoms with E-state index >= 15 is 0 Å². The molecule has 3 rings (SSSR count). The summed E-state index contributed by atoms with van der Waals surface area (Å²) in [6.07, 6.45) is 3.27. The molecule has 1 saturated heterocycles. The minimum Gasteiger partial charge on any atom is -0.383 e. The second-order valence-corrected chi connectivity index (χ2v) is 7.81. The number of rotatable bonds is 8. The molecule has 0 saturated carbocycles. The van der Waals surface area contributed by atoms with Gasteiger partial charge in [0.2, 0.25) is 0 Å². The fourth-order valence-corrected chi connectivity index (χ4v) is 3.75. The lowest BCUT2D eigenvalue weighted by molar-refractivity contribution is -0.384. The Kier molecular flexibility index (Phi) is 8.02. The Morgan fingerprint density at radius 2 is 1.88 bits per heavy atom. The molecule has 0 unspecified atom stereocenters. The SMILES string of the molecule is COCCNC(=O)c1cc(NC(=O)c2ccc(Cl)c([N+](=O)[O-])c2)ccc1N1CCCCC1. The van der Waals surface area contributed by atoms with Crippen molar-refractivity contribution in [3.63, 3.8) is 0 Å². The zero-order valence-corrected chi connectivity index (χ0v) is 18.5. The van der Waals surface area contributed by atoms with E-state index in [0.29, 0.717) is 24.4 Å². The van der Waals surface area contributed by atoms with Crippen molar-refractivity contribution >= 4 is 40.5 Å².